The molecular weight excluding hydrogens is 417 g/mol. The molecule has 0 heterocycles. The quantitative estimate of drug-likeness (QED) is 0.291. The van der Waals surface area contributed by atoms with Gasteiger partial charge in [-0.3, -0.25) is 0 Å². The van der Waals surface area contributed by atoms with Crippen molar-refractivity contribution < 1.29 is 13.2 Å². The molecule has 3 atom stereocenters. The molecule has 1 aliphatic rings. The maximum atomic E-state index is 14.9. The lowest BCUT2D eigenvalue weighted by atomic mass is 9.79. The van der Waals surface area contributed by atoms with Gasteiger partial charge in [0.25, 0.3) is 0 Å². The van der Waals surface area contributed by atoms with Crippen LogP contribution in [0.3, 0.4) is 0 Å². The number of halogens is 3. The summed E-state index contributed by atoms with van der Waals surface area (Å²) in [5.41, 5.74) is 4.01. The Labute approximate surface area is 198 Å². The third-order valence-corrected chi connectivity index (χ3v) is 6.85. The Bertz CT molecular complexity index is 913. The normalized spacial score (nSPS) is 19.9. The van der Waals surface area contributed by atoms with E-state index in [0.717, 1.165) is 48.0 Å². The van der Waals surface area contributed by atoms with Crippen LogP contribution in [0, 0.1) is 11.8 Å². The molecule has 0 saturated heterocycles. The van der Waals surface area contributed by atoms with E-state index >= 15 is 0 Å². The van der Waals surface area contributed by atoms with Gasteiger partial charge in [-0.25, -0.2) is 13.2 Å². The van der Waals surface area contributed by atoms with Gasteiger partial charge in [0.2, 0.25) is 0 Å². The molecule has 0 fully saturated rings. The predicted molar refractivity (Wildman–Crippen MR) is 135 cm³/mol. The molecule has 0 spiro atoms. The van der Waals surface area contributed by atoms with E-state index in [9.17, 15) is 13.2 Å². The van der Waals surface area contributed by atoms with Crippen LogP contribution in [0.15, 0.2) is 89.3 Å². The van der Waals surface area contributed by atoms with E-state index in [4.69, 9.17) is 0 Å². The fourth-order valence-electron chi connectivity index (χ4n) is 4.60. The number of rotatable bonds is 11. The first-order valence-electron chi connectivity index (χ1n) is 12.1. The molecule has 0 aliphatic heterocycles. The minimum atomic E-state index is -0.585. The van der Waals surface area contributed by atoms with Gasteiger partial charge in [0.05, 0.1) is 0 Å². The van der Waals surface area contributed by atoms with Crippen LogP contribution < -0.4 is 0 Å². The minimum absolute atomic E-state index is 0.324. The highest BCUT2D eigenvalue weighted by Gasteiger charge is 2.32. The van der Waals surface area contributed by atoms with Gasteiger partial charge in [-0.15, -0.1) is 0 Å². The summed E-state index contributed by atoms with van der Waals surface area (Å²) in [7, 11) is 0. The third kappa shape index (κ3) is 7.62. The van der Waals surface area contributed by atoms with Crippen molar-refractivity contribution in [3.8, 4) is 0 Å². The van der Waals surface area contributed by atoms with Gasteiger partial charge in [0.1, 0.15) is 17.5 Å². The molecule has 1 aromatic carbocycles. The summed E-state index contributed by atoms with van der Waals surface area (Å²) < 4.78 is 43.8. The first-order valence-corrected chi connectivity index (χ1v) is 12.1. The highest BCUT2D eigenvalue weighted by Crippen LogP contribution is 2.43. The SMILES string of the molecule is C=C(CCC(CC)CCC1CCC(c2ccccc2)C(F)=C1F)C(/C=C(/F)C(=C)C)=C(C)C. The van der Waals surface area contributed by atoms with Gasteiger partial charge in [-0.05, 0) is 93.6 Å². The van der Waals surface area contributed by atoms with Crippen LogP contribution >= 0.6 is 0 Å². The number of benzene rings is 1. The predicted octanol–water partition coefficient (Wildman–Crippen LogP) is 10.2. The Morgan fingerprint density at radius 1 is 1.03 bits per heavy atom. The van der Waals surface area contributed by atoms with Crippen molar-refractivity contribution in [2.24, 2.45) is 11.8 Å². The average molecular weight is 457 g/mol. The van der Waals surface area contributed by atoms with Crippen molar-refractivity contribution in [3.05, 3.63) is 94.9 Å². The fourth-order valence-corrected chi connectivity index (χ4v) is 4.60. The molecule has 33 heavy (non-hydrogen) atoms. The molecule has 0 radical (unpaired) electrons. The van der Waals surface area contributed by atoms with E-state index in [2.05, 4.69) is 20.1 Å². The standard InChI is InChI=1S/C30H39F3/c1-7-23(14-13-22(6)27(20(2)3)19-28(31)21(4)5)15-16-25-17-18-26(30(33)29(25)32)24-11-9-8-10-12-24/h8-12,19,23,25-26H,4,6-7,13-18H2,1-3,5H3/b28-19+. The molecule has 1 aromatic rings. The summed E-state index contributed by atoms with van der Waals surface area (Å²) in [5, 5.41) is 0. The lowest BCUT2D eigenvalue weighted by Gasteiger charge is -2.28. The van der Waals surface area contributed by atoms with Gasteiger partial charge >= 0.3 is 0 Å². The molecule has 1 aliphatic carbocycles. The zero-order valence-electron chi connectivity index (χ0n) is 20.7. The Morgan fingerprint density at radius 3 is 2.27 bits per heavy atom. The second-order valence-corrected chi connectivity index (χ2v) is 9.61. The van der Waals surface area contributed by atoms with Gasteiger partial charge in [-0.1, -0.05) is 62.4 Å². The number of hydrogen-bond acceptors (Lipinski definition) is 0. The molecular formula is C30H39F3. The minimum Gasteiger partial charge on any atom is -0.209 e. The van der Waals surface area contributed by atoms with Gasteiger partial charge in [-0.2, -0.15) is 0 Å². The average Bonchev–Trinajstić information content (AvgIpc) is 2.80. The Kier molecular flexibility index (Phi) is 10.5. The van der Waals surface area contributed by atoms with Crippen LogP contribution in [0.25, 0.3) is 0 Å². The maximum absolute atomic E-state index is 14.9. The second kappa shape index (κ2) is 12.8. The van der Waals surface area contributed by atoms with E-state index in [1.807, 2.05) is 44.2 Å². The molecule has 180 valence electrons. The molecule has 0 nitrogen and oxygen atoms in total. The van der Waals surface area contributed by atoms with E-state index in [0.29, 0.717) is 30.8 Å². The highest BCUT2D eigenvalue weighted by molar-refractivity contribution is 5.44. The highest BCUT2D eigenvalue weighted by atomic mass is 19.2. The van der Waals surface area contributed by atoms with Crippen molar-refractivity contribution in [2.75, 3.05) is 0 Å². The van der Waals surface area contributed by atoms with Gasteiger partial charge < -0.3 is 0 Å². The molecule has 2 rings (SSSR count). The molecule has 0 N–H and O–H groups in total. The smallest absolute Gasteiger partial charge is 0.139 e. The van der Waals surface area contributed by atoms with Crippen molar-refractivity contribution >= 4 is 0 Å². The lowest BCUT2D eigenvalue weighted by Crippen LogP contribution is -2.16. The number of hydrogen-bond donors (Lipinski definition) is 0. The second-order valence-electron chi connectivity index (χ2n) is 9.61. The van der Waals surface area contributed by atoms with Crippen LogP contribution in [-0.2, 0) is 0 Å². The maximum Gasteiger partial charge on any atom is 0.139 e. The van der Waals surface area contributed by atoms with Gasteiger partial charge in [0.15, 0.2) is 0 Å². The lowest BCUT2D eigenvalue weighted by molar-refractivity contribution is 0.293. The first kappa shape index (κ1) is 27.0. The Balaban J connectivity index is 1.96. The monoisotopic (exact) mass is 456 g/mol. The van der Waals surface area contributed by atoms with Crippen molar-refractivity contribution in [1.29, 1.82) is 0 Å². The Hall–Kier alpha value is -2.29. The zero-order chi connectivity index (χ0) is 24.5. The number of allylic oxidation sites excluding steroid dienone is 8. The van der Waals surface area contributed by atoms with Gasteiger partial charge in [0, 0.05) is 11.8 Å². The summed E-state index contributed by atoms with van der Waals surface area (Å²) in [6, 6.07) is 9.37. The van der Waals surface area contributed by atoms with Crippen molar-refractivity contribution in [3.63, 3.8) is 0 Å². The van der Waals surface area contributed by atoms with Crippen LogP contribution in [0.5, 0.6) is 0 Å². The summed E-state index contributed by atoms with van der Waals surface area (Å²) >= 11 is 0. The summed E-state index contributed by atoms with van der Waals surface area (Å²) in [4.78, 5) is 0. The molecule has 3 heteroatoms. The van der Waals surface area contributed by atoms with Crippen LogP contribution in [0.4, 0.5) is 13.2 Å². The van der Waals surface area contributed by atoms with Crippen LogP contribution in [-0.4, -0.2) is 0 Å². The van der Waals surface area contributed by atoms with E-state index in [1.165, 1.54) is 6.08 Å². The fraction of sp³-hybridized carbons (Fsp3) is 0.467. The molecule has 3 unspecified atom stereocenters. The van der Waals surface area contributed by atoms with Crippen LogP contribution in [0.1, 0.15) is 84.1 Å². The van der Waals surface area contributed by atoms with Crippen molar-refractivity contribution in [2.45, 2.75) is 78.6 Å². The third-order valence-electron chi connectivity index (χ3n) is 6.85. The largest absolute Gasteiger partial charge is 0.209 e. The molecule has 0 amide bonds. The molecule has 0 aromatic heterocycles. The Morgan fingerprint density at radius 2 is 1.70 bits per heavy atom. The molecule has 0 saturated carbocycles. The van der Waals surface area contributed by atoms with E-state index < -0.39 is 17.6 Å². The summed E-state index contributed by atoms with van der Waals surface area (Å²) in [6.07, 6.45) is 6.99. The van der Waals surface area contributed by atoms with E-state index in [-0.39, 0.29) is 11.7 Å². The molecule has 0 bridgehead atoms. The summed E-state index contributed by atoms with van der Waals surface area (Å²) in [5.74, 6) is -1.85. The van der Waals surface area contributed by atoms with E-state index in [1.54, 1.807) is 6.92 Å². The summed E-state index contributed by atoms with van der Waals surface area (Å²) in [6.45, 7) is 15.5. The van der Waals surface area contributed by atoms with Crippen LogP contribution in [0.2, 0.25) is 0 Å². The zero-order valence-corrected chi connectivity index (χ0v) is 20.7. The van der Waals surface area contributed by atoms with Crippen molar-refractivity contribution in [1.82, 2.24) is 0 Å². The first-order chi connectivity index (χ1) is 15.6. The topological polar surface area (TPSA) is 0 Å².